The molecule has 0 bridgehead atoms. The van der Waals surface area contributed by atoms with Gasteiger partial charge in [-0.05, 0) is 39.5 Å². The largest absolute Gasteiger partial charge is 0.370 e. The molecule has 0 spiro atoms. The highest BCUT2D eigenvalue weighted by Crippen LogP contribution is 2.43. The number of hydrogen-bond acceptors (Lipinski definition) is 2. The first kappa shape index (κ1) is 9.47. The van der Waals surface area contributed by atoms with Gasteiger partial charge in [-0.1, -0.05) is 6.92 Å². The average Bonchev–Trinajstić information content (AvgIpc) is 2.11. The van der Waals surface area contributed by atoms with Crippen LogP contribution in [0.1, 0.15) is 40.5 Å². The average molecular weight is 184 g/mol. The molecule has 0 aromatic carbocycles. The second-order valence-corrected chi connectivity index (χ2v) is 5.27. The zero-order chi connectivity index (χ0) is 9.69. The third-order valence-electron chi connectivity index (χ3n) is 3.95. The van der Waals surface area contributed by atoms with E-state index in [2.05, 4.69) is 27.7 Å². The van der Waals surface area contributed by atoms with Crippen molar-refractivity contribution in [3.63, 3.8) is 0 Å². The van der Waals surface area contributed by atoms with E-state index in [9.17, 15) is 0 Å². The van der Waals surface area contributed by atoms with Gasteiger partial charge in [-0.15, -0.1) is 0 Å². The number of ether oxygens (including phenoxy) is 2. The van der Waals surface area contributed by atoms with E-state index in [1.54, 1.807) is 0 Å². The summed E-state index contributed by atoms with van der Waals surface area (Å²) in [6.07, 6.45) is 2.68. The molecule has 13 heavy (non-hydrogen) atoms. The maximum absolute atomic E-state index is 6.09. The lowest BCUT2D eigenvalue weighted by molar-refractivity contribution is -0.270. The van der Waals surface area contributed by atoms with Gasteiger partial charge in [0.2, 0.25) is 0 Å². The van der Waals surface area contributed by atoms with Crippen LogP contribution in [-0.4, -0.2) is 23.9 Å². The van der Waals surface area contributed by atoms with Crippen LogP contribution in [0.15, 0.2) is 0 Å². The molecule has 2 saturated heterocycles. The fraction of sp³-hybridized carbons (Fsp3) is 1.00. The molecule has 0 saturated carbocycles. The molecule has 0 aliphatic carbocycles. The molecule has 0 unspecified atom stereocenters. The molecule has 2 fully saturated rings. The molecule has 2 nitrogen and oxygen atoms in total. The van der Waals surface area contributed by atoms with Gasteiger partial charge in [-0.25, -0.2) is 0 Å². The van der Waals surface area contributed by atoms with Crippen LogP contribution in [-0.2, 0) is 9.47 Å². The lowest BCUT2D eigenvalue weighted by atomic mass is 9.85. The van der Waals surface area contributed by atoms with Gasteiger partial charge in [0, 0.05) is 0 Å². The van der Waals surface area contributed by atoms with Crippen LogP contribution in [0.3, 0.4) is 0 Å². The van der Waals surface area contributed by atoms with E-state index in [0.717, 1.165) is 13.0 Å². The minimum Gasteiger partial charge on any atom is -0.370 e. The standard InChI is InChI=1S/C11H20O2/c1-8-5-6-11(4)9(7-12-11)13-10(8,2)3/h8-9H,5-7H2,1-4H3/t8-,9+,11-/m0/s1. The summed E-state index contributed by atoms with van der Waals surface area (Å²) in [6.45, 7) is 9.62. The summed E-state index contributed by atoms with van der Waals surface area (Å²) in [7, 11) is 0. The Bertz CT molecular complexity index is 212. The van der Waals surface area contributed by atoms with Crippen molar-refractivity contribution in [3.8, 4) is 0 Å². The molecular weight excluding hydrogens is 164 g/mol. The highest BCUT2D eigenvalue weighted by molar-refractivity contribution is 4.99. The summed E-state index contributed by atoms with van der Waals surface area (Å²) in [6, 6.07) is 0. The topological polar surface area (TPSA) is 18.5 Å². The normalized spacial score (nSPS) is 48.9. The molecule has 0 aromatic heterocycles. The molecule has 0 N–H and O–H groups in total. The van der Waals surface area contributed by atoms with E-state index in [4.69, 9.17) is 9.47 Å². The minimum absolute atomic E-state index is 0.0159. The van der Waals surface area contributed by atoms with Gasteiger partial charge >= 0.3 is 0 Å². The van der Waals surface area contributed by atoms with Crippen LogP contribution in [0.4, 0.5) is 0 Å². The van der Waals surface area contributed by atoms with Crippen molar-refractivity contribution in [2.45, 2.75) is 57.8 Å². The third kappa shape index (κ3) is 1.40. The quantitative estimate of drug-likeness (QED) is 0.575. The van der Waals surface area contributed by atoms with Gasteiger partial charge in [0.1, 0.15) is 6.10 Å². The van der Waals surface area contributed by atoms with Crippen molar-refractivity contribution in [3.05, 3.63) is 0 Å². The van der Waals surface area contributed by atoms with Crippen LogP contribution < -0.4 is 0 Å². The van der Waals surface area contributed by atoms with Crippen molar-refractivity contribution < 1.29 is 9.47 Å². The van der Waals surface area contributed by atoms with Crippen molar-refractivity contribution in [2.75, 3.05) is 6.61 Å². The van der Waals surface area contributed by atoms with E-state index >= 15 is 0 Å². The van der Waals surface area contributed by atoms with Crippen LogP contribution >= 0.6 is 0 Å². The van der Waals surface area contributed by atoms with Crippen molar-refractivity contribution in [1.82, 2.24) is 0 Å². The SMILES string of the molecule is C[C@H]1CC[C@]2(C)OC[C@H]2OC1(C)C. The zero-order valence-electron chi connectivity index (χ0n) is 9.09. The fourth-order valence-corrected chi connectivity index (χ4v) is 2.16. The first-order chi connectivity index (χ1) is 5.94. The molecule has 2 aliphatic rings. The fourth-order valence-electron chi connectivity index (χ4n) is 2.16. The minimum atomic E-state index is 0.0159. The Kier molecular flexibility index (Phi) is 1.97. The lowest BCUT2D eigenvalue weighted by Gasteiger charge is -2.47. The first-order valence-corrected chi connectivity index (χ1v) is 5.26. The third-order valence-corrected chi connectivity index (χ3v) is 3.95. The number of rotatable bonds is 0. The molecule has 0 amide bonds. The van der Waals surface area contributed by atoms with Crippen LogP contribution in [0.25, 0.3) is 0 Å². The Hall–Kier alpha value is -0.0800. The molecule has 2 rings (SSSR count). The highest BCUT2D eigenvalue weighted by atomic mass is 16.6. The lowest BCUT2D eigenvalue weighted by Crippen LogP contribution is -2.58. The predicted molar refractivity (Wildman–Crippen MR) is 51.7 cm³/mol. The van der Waals surface area contributed by atoms with E-state index in [1.807, 2.05) is 0 Å². The van der Waals surface area contributed by atoms with Crippen LogP contribution in [0.5, 0.6) is 0 Å². The zero-order valence-corrected chi connectivity index (χ0v) is 9.09. The van der Waals surface area contributed by atoms with E-state index < -0.39 is 0 Å². The molecular formula is C11H20O2. The Morgan fingerprint density at radius 3 is 2.46 bits per heavy atom. The van der Waals surface area contributed by atoms with Gasteiger partial charge in [0.15, 0.2) is 0 Å². The Morgan fingerprint density at radius 2 is 1.92 bits per heavy atom. The molecule has 76 valence electrons. The monoisotopic (exact) mass is 184 g/mol. The smallest absolute Gasteiger partial charge is 0.110 e. The van der Waals surface area contributed by atoms with Gasteiger partial charge in [0.25, 0.3) is 0 Å². The van der Waals surface area contributed by atoms with Crippen molar-refractivity contribution >= 4 is 0 Å². The number of fused-ring (bicyclic) bond motifs is 1. The van der Waals surface area contributed by atoms with E-state index in [1.165, 1.54) is 6.42 Å². The van der Waals surface area contributed by atoms with Crippen molar-refractivity contribution in [1.29, 1.82) is 0 Å². The van der Waals surface area contributed by atoms with Gasteiger partial charge in [-0.2, -0.15) is 0 Å². The van der Waals surface area contributed by atoms with Gasteiger partial charge < -0.3 is 9.47 Å². The highest BCUT2D eigenvalue weighted by Gasteiger charge is 2.50. The first-order valence-electron chi connectivity index (χ1n) is 5.26. The molecule has 2 heterocycles. The summed E-state index contributed by atoms with van der Waals surface area (Å²) in [4.78, 5) is 0. The Balaban J connectivity index is 2.15. The van der Waals surface area contributed by atoms with Gasteiger partial charge in [0.05, 0.1) is 17.8 Å². The second-order valence-electron chi connectivity index (χ2n) is 5.27. The summed E-state index contributed by atoms with van der Waals surface area (Å²) in [5.74, 6) is 0.624. The van der Waals surface area contributed by atoms with Crippen LogP contribution in [0, 0.1) is 5.92 Å². The molecule has 0 radical (unpaired) electrons. The predicted octanol–water partition coefficient (Wildman–Crippen LogP) is 2.37. The summed E-state index contributed by atoms with van der Waals surface area (Å²) >= 11 is 0. The molecule has 0 aromatic rings. The summed E-state index contributed by atoms with van der Waals surface area (Å²) < 4.78 is 11.7. The van der Waals surface area contributed by atoms with Crippen molar-refractivity contribution in [2.24, 2.45) is 5.92 Å². The Morgan fingerprint density at radius 1 is 1.23 bits per heavy atom. The second kappa shape index (κ2) is 2.71. The molecule has 2 aliphatic heterocycles. The number of hydrogen-bond donors (Lipinski definition) is 0. The van der Waals surface area contributed by atoms with E-state index in [0.29, 0.717) is 12.0 Å². The molecule has 3 atom stereocenters. The Labute approximate surface area is 80.6 Å². The molecule has 2 heteroatoms. The van der Waals surface area contributed by atoms with Crippen LogP contribution in [0.2, 0.25) is 0 Å². The summed E-state index contributed by atoms with van der Waals surface area (Å²) in [5.41, 5.74) is 0.0359. The van der Waals surface area contributed by atoms with Gasteiger partial charge in [-0.3, -0.25) is 0 Å². The van der Waals surface area contributed by atoms with E-state index in [-0.39, 0.29) is 11.2 Å². The maximum atomic E-state index is 6.09. The maximum Gasteiger partial charge on any atom is 0.110 e. The summed E-state index contributed by atoms with van der Waals surface area (Å²) in [5, 5.41) is 0.